The number of esters is 1. The molecule has 0 unspecified atom stereocenters. The normalized spacial score (nSPS) is 10.1. The summed E-state index contributed by atoms with van der Waals surface area (Å²) < 4.78 is 18.2. The van der Waals surface area contributed by atoms with Crippen molar-refractivity contribution in [2.45, 2.75) is 6.92 Å². The van der Waals surface area contributed by atoms with Crippen molar-refractivity contribution in [1.29, 1.82) is 0 Å². The lowest BCUT2D eigenvalue weighted by molar-refractivity contribution is -0.131. The summed E-state index contributed by atoms with van der Waals surface area (Å²) in [6, 6.07) is 18.1. The Morgan fingerprint density at radius 3 is 1.79 bits per heavy atom. The number of halogens is 1. The zero-order valence-electron chi connectivity index (χ0n) is 15.4. The Bertz CT molecular complexity index is 1060. The van der Waals surface area contributed by atoms with E-state index in [0.717, 1.165) is 6.07 Å². The van der Waals surface area contributed by atoms with Gasteiger partial charge in [0.25, 0.3) is 11.8 Å². The maximum absolute atomic E-state index is 13.2. The Morgan fingerprint density at radius 1 is 0.759 bits per heavy atom. The van der Waals surface area contributed by atoms with Crippen LogP contribution in [0.25, 0.3) is 0 Å². The summed E-state index contributed by atoms with van der Waals surface area (Å²) in [5, 5.41) is 5.37. The van der Waals surface area contributed by atoms with Crippen LogP contribution in [0.1, 0.15) is 27.6 Å². The highest BCUT2D eigenvalue weighted by atomic mass is 19.1. The molecule has 146 valence electrons. The third-order valence-corrected chi connectivity index (χ3v) is 3.85. The lowest BCUT2D eigenvalue weighted by Gasteiger charge is -2.09. The number of amides is 2. The average molecular weight is 392 g/mol. The van der Waals surface area contributed by atoms with Gasteiger partial charge in [0, 0.05) is 29.4 Å². The molecule has 0 atom stereocenters. The molecule has 3 aromatic rings. The summed E-state index contributed by atoms with van der Waals surface area (Å²) >= 11 is 0. The average Bonchev–Trinajstić information content (AvgIpc) is 2.69. The number of hydrogen-bond acceptors (Lipinski definition) is 4. The summed E-state index contributed by atoms with van der Waals surface area (Å²) in [6.45, 7) is 1.28. The molecule has 0 aliphatic carbocycles. The van der Waals surface area contributed by atoms with Gasteiger partial charge in [-0.3, -0.25) is 14.4 Å². The van der Waals surface area contributed by atoms with Gasteiger partial charge in [-0.1, -0.05) is 12.1 Å². The van der Waals surface area contributed by atoms with Crippen LogP contribution < -0.4 is 15.4 Å². The third-order valence-electron chi connectivity index (χ3n) is 3.85. The maximum atomic E-state index is 13.2. The molecule has 0 radical (unpaired) electrons. The van der Waals surface area contributed by atoms with E-state index in [-0.39, 0.29) is 17.2 Å². The van der Waals surface area contributed by atoms with Crippen molar-refractivity contribution < 1.29 is 23.5 Å². The Morgan fingerprint density at radius 2 is 1.28 bits per heavy atom. The second-order valence-electron chi connectivity index (χ2n) is 6.12. The minimum absolute atomic E-state index is 0.204. The third kappa shape index (κ3) is 5.49. The first-order chi connectivity index (χ1) is 13.9. The first-order valence-corrected chi connectivity index (χ1v) is 8.67. The van der Waals surface area contributed by atoms with E-state index >= 15 is 0 Å². The van der Waals surface area contributed by atoms with Crippen molar-refractivity contribution in [2.24, 2.45) is 0 Å². The number of anilines is 2. The summed E-state index contributed by atoms with van der Waals surface area (Å²) in [7, 11) is 0. The van der Waals surface area contributed by atoms with Crippen LogP contribution in [0.3, 0.4) is 0 Å². The molecule has 7 heteroatoms. The van der Waals surface area contributed by atoms with E-state index < -0.39 is 17.7 Å². The monoisotopic (exact) mass is 392 g/mol. The predicted molar refractivity (Wildman–Crippen MR) is 106 cm³/mol. The van der Waals surface area contributed by atoms with E-state index in [4.69, 9.17) is 4.74 Å². The second kappa shape index (κ2) is 8.79. The summed E-state index contributed by atoms with van der Waals surface area (Å²) in [4.78, 5) is 35.5. The zero-order chi connectivity index (χ0) is 20.8. The number of carbonyl (C=O) groups excluding carboxylic acids is 3. The minimum atomic E-state index is -0.492. The van der Waals surface area contributed by atoms with Crippen LogP contribution in [0.4, 0.5) is 15.8 Å². The topological polar surface area (TPSA) is 84.5 Å². The van der Waals surface area contributed by atoms with Crippen LogP contribution in [-0.2, 0) is 4.79 Å². The second-order valence-corrected chi connectivity index (χ2v) is 6.12. The van der Waals surface area contributed by atoms with Crippen molar-refractivity contribution in [1.82, 2.24) is 0 Å². The number of ether oxygens (including phenoxy) is 1. The highest BCUT2D eigenvalue weighted by Crippen LogP contribution is 2.18. The highest BCUT2D eigenvalue weighted by Gasteiger charge is 2.10. The Labute approximate surface area is 166 Å². The lowest BCUT2D eigenvalue weighted by Crippen LogP contribution is -2.13. The van der Waals surface area contributed by atoms with Gasteiger partial charge in [-0.2, -0.15) is 0 Å². The molecular formula is C22H17FN2O4. The molecule has 0 fully saturated rings. The van der Waals surface area contributed by atoms with E-state index in [1.165, 1.54) is 31.2 Å². The maximum Gasteiger partial charge on any atom is 0.308 e. The Kier molecular flexibility index (Phi) is 5.99. The molecule has 3 aromatic carbocycles. The van der Waals surface area contributed by atoms with Crippen LogP contribution in [0.15, 0.2) is 72.8 Å². The smallest absolute Gasteiger partial charge is 0.308 e. The SMILES string of the molecule is CC(=O)Oc1cccc(C(=O)Nc2ccc(NC(=O)c3cccc(F)c3)cc2)c1. The molecule has 0 aliphatic rings. The number of hydrogen-bond donors (Lipinski definition) is 2. The number of rotatable bonds is 5. The van der Waals surface area contributed by atoms with Crippen LogP contribution in [0, 0.1) is 5.82 Å². The number of nitrogens with one attached hydrogen (secondary N) is 2. The summed E-state index contributed by atoms with van der Waals surface area (Å²) in [5.74, 6) is -1.51. The van der Waals surface area contributed by atoms with Gasteiger partial charge < -0.3 is 15.4 Å². The van der Waals surface area contributed by atoms with E-state index in [1.54, 1.807) is 42.5 Å². The molecule has 0 bridgehead atoms. The molecule has 29 heavy (non-hydrogen) atoms. The molecule has 2 amide bonds. The lowest BCUT2D eigenvalue weighted by atomic mass is 10.2. The molecule has 3 rings (SSSR count). The molecule has 0 aliphatic heterocycles. The van der Waals surface area contributed by atoms with Crippen molar-refractivity contribution in [3.63, 3.8) is 0 Å². The quantitative estimate of drug-likeness (QED) is 0.502. The van der Waals surface area contributed by atoms with E-state index in [2.05, 4.69) is 10.6 Å². The molecule has 0 aromatic heterocycles. The van der Waals surface area contributed by atoms with E-state index in [9.17, 15) is 18.8 Å². The van der Waals surface area contributed by atoms with Gasteiger partial charge >= 0.3 is 5.97 Å². The first kappa shape index (κ1) is 19.8. The van der Waals surface area contributed by atoms with Gasteiger partial charge in [0.1, 0.15) is 11.6 Å². The van der Waals surface area contributed by atoms with Crippen LogP contribution >= 0.6 is 0 Å². The standard InChI is InChI=1S/C22H17FN2O4/c1-14(26)29-20-7-3-5-16(13-20)22(28)25-19-10-8-18(9-11-19)24-21(27)15-4-2-6-17(23)12-15/h2-13H,1H3,(H,24,27)(H,25,28). The molecule has 2 N–H and O–H groups in total. The van der Waals surface area contributed by atoms with E-state index in [1.807, 2.05) is 0 Å². The Hall–Kier alpha value is -4.00. The highest BCUT2D eigenvalue weighted by molar-refractivity contribution is 6.05. The molecule has 0 heterocycles. The predicted octanol–water partition coefficient (Wildman–Crippen LogP) is 4.26. The molecular weight excluding hydrogens is 375 g/mol. The van der Waals surface area contributed by atoms with Gasteiger partial charge in [0.2, 0.25) is 0 Å². The minimum Gasteiger partial charge on any atom is -0.427 e. The van der Waals surface area contributed by atoms with Crippen molar-refractivity contribution in [2.75, 3.05) is 10.6 Å². The number of carbonyl (C=O) groups is 3. The van der Waals surface area contributed by atoms with Gasteiger partial charge in [-0.25, -0.2) is 4.39 Å². The fourth-order valence-electron chi connectivity index (χ4n) is 2.54. The van der Waals surface area contributed by atoms with Crippen molar-refractivity contribution >= 4 is 29.2 Å². The fraction of sp³-hybridized carbons (Fsp3) is 0.0455. The zero-order valence-corrected chi connectivity index (χ0v) is 15.4. The van der Waals surface area contributed by atoms with Crippen LogP contribution in [-0.4, -0.2) is 17.8 Å². The Balaban J connectivity index is 1.64. The number of benzene rings is 3. The fourth-order valence-corrected chi connectivity index (χ4v) is 2.54. The largest absolute Gasteiger partial charge is 0.427 e. The molecule has 6 nitrogen and oxygen atoms in total. The van der Waals surface area contributed by atoms with Gasteiger partial charge in [-0.15, -0.1) is 0 Å². The molecule has 0 saturated heterocycles. The van der Waals surface area contributed by atoms with Crippen LogP contribution in [0.2, 0.25) is 0 Å². The molecule has 0 saturated carbocycles. The van der Waals surface area contributed by atoms with Crippen molar-refractivity contribution in [3.05, 3.63) is 89.7 Å². The van der Waals surface area contributed by atoms with Gasteiger partial charge in [0.05, 0.1) is 0 Å². The summed E-state index contributed by atoms with van der Waals surface area (Å²) in [5.41, 5.74) is 1.54. The van der Waals surface area contributed by atoms with E-state index in [0.29, 0.717) is 16.9 Å². The summed E-state index contributed by atoms with van der Waals surface area (Å²) in [6.07, 6.45) is 0. The molecule has 0 spiro atoms. The van der Waals surface area contributed by atoms with Gasteiger partial charge in [-0.05, 0) is 60.7 Å². The van der Waals surface area contributed by atoms with Crippen LogP contribution in [0.5, 0.6) is 5.75 Å². The first-order valence-electron chi connectivity index (χ1n) is 8.67. The van der Waals surface area contributed by atoms with Crippen molar-refractivity contribution in [3.8, 4) is 5.75 Å². The van der Waals surface area contributed by atoms with Gasteiger partial charge in [0.15, 0.2) is 0 Å².